The Labute approximate surface area is 190 Å². The van der Waals surface area contributed by atoms with E-state index in [0.29, 0.717) is 45.9 Å². The zero-order valence-electron chi connectivity index (χ0n) is 16.8. The minimum absolute atomic E-state index is 0.322. The molecule has 0 saturated carbocycles. The van der Waals surface area contributed by atoms with E-state index < -0.39 is 5.97 Å². The summed E-state index contributed by atoms with van der Waals surface area (Å²) in [5.41, 5.74) is 2.51. The van der Waals surface area contributed by atoms with Crippen LogP contribution in [0, 0.1) is 0 Å². The third kappa shape index (κ3) is 4.63. The van der Waals surface area contributed by atoms with Gasteiger partial charge in [0.2, 0.25) is 0 Å². The van der Waals surface area contributed by atoms with Gasteiger partial charge in [-0.15, -0.1) is 0 Å². The highest BCUT2D eigenvalue weighted by molar-refractivity contribution is 6.39. The Hall–Kier alpha value is -3.15. The number of hydrogen-bond acceptors (Lipinski definition) is 4. The summed E-state index contributed by atoms with van der Waals surface area (Å²) in [4.78, 5) is 12.4. The minimum atomic E-state index is -0.493. The number of fused-ring (bicyclic) bond motifs is 1. The van der Waals surface area contributed by atoms with Crippen molar-refractivity contribution in [1.82, 2.24) is 4.57 Å². The number of aromatic nitrogens is 1. The third-order valence-electron chi connectivity index (χ3n) is 4.90. The van der Waals surface area contributed by atoms with Crippen molar-refractivity contribution in [3.63, 3.8) is 0 Å². The molecule has 4 aromatic rings. The van der Waals surface area contributed by atoms with Crippen molar-refractivity contribution in [3.05, 3.63) is 88.5 Å². The number of benzene rings is 3. The third-order valence-corrected chi connectivity index (χ3v) is 5.53. The summed E-state index contributed by atoms with van der Waals surface area (Å²) in [6.07, 6.45) is 2.04. The number of rotatable bonds is 7. The number of halogens is 2. The van der Waals surface area contributed by atoms with Gasteiger partial charge in [-0.25, -0.2) is 4.79 Å². The van der Waals surface area contributed by atoms with Crippen LogP contribution in [0.25, 0.3) is 10.9 Å². The maximum Gasteiger partial charge on any atom is 0.340 e. The molecule has 1 N–H and O–H groups in total. The fourth-order valence-corrected chi connectivity index (χ4v) is 3.84. The molecule has 7 heteroatoms. The van der Waals surface area contributed by atoms with E-state index in [2.05, 4.69) is 28.1 Å². The van der Waals surface area contributed by atoms with Crippen molar-refractivity contribution in [2.24, 2.45) is 0 Å². The summed E-state index contributed by atoms with van der Waals surface area (Å²) in [5.74, 6) is 0.0696. The van der Waals surface area contributed by atoms with Crippen LogP contribution in [0.15, 0.2) is 72.9 Å². The van der Waals surface area contributed by atoms with Gasteiger partial charge in [0.15, 0.2) is 0 Å². The topological polar surface area (TPSA) is 52.5 Å². The van der Waals surface area contributed by atoms with E-state index >= 15 is 0 Å². The van der Waals surface area contributed by atoms with Crippen LogP contribution in [-0.2, 0) is 11.3 Å². The molecule has 0 amide bonds. The summed E-state index contributed by atoms with van der Waals surface area (Å²) in [5, 5.41) is 5.20. The van der Waals surface area contributed by atoms with Gasteiger partial charge < -0.3 is 19.4 Å². The van der Waals surface area contributed by atoms with Crippen LogP contribution < -0.4 is 10.1 Å². The molecule has 4 rings (SSSR count). The van der Waals surface area contributed by atoms with Gasteiger partial charge in [0.25, 0.3) is 0 Å². The smallest absolute Gasteiger partial charge is 0.340 e. The monoisotopic (exact) mass is 454 g/mol. The van der Waals surface area contributed by atoms with Crippen LogP contribution in [0.3, 0.4) is 0 Å². The van der Waals surface area contributed by atoms with Crippen molar-refractivity contribution in [2.75, 3.05) is 19.0 Å². The Morgan fingerprint density at radius 2 is 1.77 bits per heavy atom. The first-order valence-electron chi connectivity index (χ1n) is 9.67. The number of hydrogen-bond donors (Lipinski definition) is 1. The van der Waals surface area contributed by atoms with Gasteiger partial charge in [-0.3, -0.25) is 0 Å². The number of para-hydroxylation sites is 2. The molecule has 0 spiro atoms. The molecular formula is C24H20Cl2N2O3. The molecule has 0 unspecified atom stereocenters. The van der Waals surface area contributed by atoms with Gasteiger partial charge in [0, 0.05) is 11.7 Å². The highest BCUT2D eigenvalue weighted by Crippen LogP contribution is 2.34. The molecule has 0 radical (unpaired) electrons. The zero-order valence-corrected chi connectivity index (χ0v) is 18.3. The Balaban J connectivity index is 1.52. The van der Waals surface area contributed by atoms with E-state index in [1.807, 2.05) is 18.3 Å². The molecular weight excluding hydrogens is 435 g/mol. The fourth-order valence-electron chi connectivity index (χ4n) is 3.35. The average Bonchev–Trinajstić information content (AvgIpc) is 3.19. The van der Waals surface area contributed by atoms with Crippen molar-refractivity contribution < 1.29 is 14.3 Å². The van der Waals surface area contributed by atoms with Crippen molar-refractivity contribution in [1.29, 1.82) is 0 Å². The zero-order chi connectivity index (χ0) is 21.8. The highest BCUT2D eigenvalue weighted by atomic mass is 35.5. The number of carbonyl (C=O) groups is 1. The molecule has 0 fully saturated rings. The molecule has 1 aromatic heterocycles. The number of methoxy groups -OCH3 is 1. The second-order valence-corrected chi connectivity index (χ2v) is 7.65. The molecule has 0 aliphatic heterocycles. The molecule has 0 atom stereocenters. The van der Waals surface area contributed by atoms with Gasteiger partial charge in [0.1, 0.15) is 12.4 Å². The molecule has 5 nitrogen and oxygen atoms in total. The Morgan fingerprint density at radius 3 is 2.55 bits per heavy atom. The first kappa shape index (κ1) is 21.1. The molecule has 0 bridgehead atoms. The summed E-state index contributed by atoms with van der Waals surface area (Å²) in [6.45, 7) is 1.12. The maximum atomic E-state index is 12.4. The minimum Gasteiger partial charge on any atom is -0.492 e. The molecule has 0 aliphatic rings. The van der Waals surface area contributed by atoms with Gasteiger partial charge in [-0.1, -0.05) is 47.5 Å². The van der Waals surface area contributed by atoms with Crippen LogP contribution in [0.4, 0.5) is 11.4 Å². The first-order valence-corrected chi connectivity index (χ1v) is 10.4. The van der Waals surface area contributed by atoms with Crippen LogP contribution >= 0.6 is 23.2 Å². The normalized spacial score (nSPS) is 10.8. The van der Waals surface area contributed by atoms with Crippen LogP contribution in [0.1, 0.15) is 10.4 Å². The van der Waals surface area contributed by atoms with Crippen LogP contribution in [0.5, 0.6) is 5.75 Å². The summed E-state index contributed by atoms with van der Waals surface area (Å²) in [7, 11) is 1.33. The summed E-state index contributed by atoms with van der Waals surface area (Å²) < 4.78 is 13.0. The molecule has 31 heavy (non-hydrogen) atoms. The number of anilines is 2. The maximum absolute atomic E-state index is 12.4. The van der Waals surface area contributed by atoms with E-state index in [4.69, 9.17) is 32.7 Å². The average molecular weight is 455 g/mol. The van der Waals surface area contributed by atoms with Crippen LogP contribution in [0.2, 0.25) is 10.0 Å². The number of carbonyl (C=O) groups excluding carboxylic acids is 1. The number of ether oxygens (including phenoxy) is 2. The lowest BCUT2D eigenvalue weighted by atomic mass is 10.1. The summed E-state index contributed by atoms with van der Waals surface area (Å²) >= 11 is 12.5. The van der Waals surface area contributed by atoms with E-state index in [0.717, 1.165) is 5.52 Å². The van der Waals surface area contributed by atoms with E-state index in [9.17, 15) is 4.79 Å². The van der Waals surface area contributed by atoms with E-state index in [1.165, 1.54) is 12.5 Å². The van der Waals surface area contributed by atoms with Crippen molar-refractivity contribution in [2.45, 2.75) is 6.54 Å². The van der Waals surface area contributed by atoms with Crippen molar-refractivity contribution in [3.8, 4) is 5.75 Å². The first-order chi connectivity index (χ1) is 15.1. The second-order valence-electron chi connectivity index (χ2n) is 6.84. The SMILES string of the molecule is COC(=O)c1cc(OCCn2ccc3ccccc32)ccc1Nc1c(Cl)cccc1Cl. The Morgan fingerprint density at radius 1 is 1.00 bits per heavy atom. The molecule has 3 aromatic carbocycles. The number of nitrogens with one attached hydrogen (secondary N) is 1. The largest absolute Gasteiger partial charge is 0.492 e. The van der Waals surface area contributed by atoms with E-state index in [-0.39, 0.29) is 0 Å². The number of esters is 1. The van der Waals surface area contributed by atoms with E-state index in [1.54, 1.807) is 36.4 Å². The molecule has 158 valence electrons. The van der Waals surface area contributed by atoms with Crippen molar-refractivity contribution >= 4 is 51.4 Å². The Kier molecular flexibility index (Phi) is 6.35. The highest BCUT2D eigenvalue weighted by Gasteiger charge is 2.16. The predicted molar refractivity (Wildman–Crippen MR) is 125 cm³/mol. The van der Waals surface area contributed by atoms with Gasteiger partial charge in [-0.2, -0.15) is 0 Å². The number of nitrogens with zero attached hydrogens (tertiary/aromatic N) is 1. The lowest BCUT2D eigenvalue weighted by molar-refractivity contribution is 0.0601. The molecule has 1 heterocycles. The molecule has 0 aliphatic carbocycles. The van der Waals surface area contributed by atoms with Gasteiger partial charge in [-0.05, 0) is 47.9 Å². The summed E-state index contributed by atoms with van der Waals surface area (Å²) in [6, 6.07) is 20.6. The molecule has 0 saturated heterocycles. The predicted octanol–water partition coefficient (Wildman–Crippen LogP) is 6.56. The standard InChI is InChI=1S/C24H20Cl2N2O3/c1-30-24(29)18-15-17(9-10-21(18)27-23-19(25)6-4-7-20(23)26)31-14-13-28-12-11-16-5-2-3-8-22(16)28/h2-12,15,27H,13-14H2,1H3. The fraction of sp³-hybridized carbons (Fsp3) is 0.125. The quantitative estimate of drug-likeness (QED) is 0.321. The Bertz CT molecular complexity index is 1220. The lowest BCUT2D eigenvalue weighted by Gasteiger charge is -2.15. The second kappa shape index (κ2) is 9.33. The van der Waals surface area contributed by atoms with Gasteiger partial charge >= 0.3 is 5.97 Å². The van der Waals surface area contributed by atoms with Crippen LogP contribution in [-0.4, -0.2) is 24.3 Å². The van der Waals surface area contributed by atoms with Gasteiger partial charge in [0.05, 0.1) is 40.6 Å². The lowest BCUT2D eigenvalue weighted by Crippen LogP contribution is -2.09.